The summed E-state index contributed by atoms with van der Waals surface area (Å²) in [4.78, 5) is 17.7. The van der Waals surface area contributed by atoms with E-state index in [1.54, 1.807) is 7.05 Å². The van der Waals surface area contributed by atoms with Gasteiger partial charge >= 0.3 is 0 Å². The molecule has 1 aromatic carbocycles. The minimum atomic E-state index is -0.227. The maximum atomic E-state index is 11.2. The second kappa shape index (κ2) is 11.3. The minimum Gasteiger partial charge on any atom is -0.489 e. The van der Waals surface area contributed by atoms with Gasteiger partial charge in [-0.15, -0.1) is 24.0 Å². The highest BCUT2D eigenvalue weighted by Crippen LogP contribution is 2.19. The first-order valence-corrected chi connectivity index (χ1v) is 8.95. The monoisotopic (exact) mass is 474 g/mol. The van der Waals surface area contributed by atoms with Gasteiger partial charge in [0.2, 0.25) is 5.91 Å². The Morgan fingerprint density at radius 1 is 1.42 bits per heavy atom. The molecule has 1 fully saturated rings. The van der Waals surface area contributed by atoms with Gasteiger partial charge in [-0.25, -0.2) is 0 Å². The lowest BCUT2D eigenvalue weighted by Crippen LogP contribution is -2.49. The fraction of sp³-hybridized carbons (Fsp3) is 0.579. The van der Waals surface area contributed by atoms with Gasteiger partial charge in [-0.2, -0.15) is 0 Å². The molecule has 2 unspecified atom stereocenters. The van der Waals surface area contributed by atoms with E-state index in [1.807, 2.05) is 31.2 Å². The van der Waals surface area contributed by atoms with E-state index in [4.69, 9.17) is 10.5 Å². The molecule has 6 nitrogen and oxygen atoms in total. The highest BCUT2D eigenvalue weighted by atomic mass is 127. The maximum Gasteiger partial charge on any atom is 0.217 e. The van der Waals surface area contributed by atoms with Gasteiger partial charge in [-0.3, -0.25) is 9.79 Å². The molecule has 2 rings (SSSR count). The number of ether oxygens (including phenoxy) is 1. The Labute approximate surface area is 173 Å². The molecule has 0 bridgehead atoms. The van der Waals surface area contributed by atoms with Crippen molar-refractivity contribution in [2.45, 2.75) is 39.2 Å². The van der Waals surface area contributed by atoms with E-state index >= 15 is 0 Å². The van der Waals surface area contributed by atoms with E-state index < -0.39 is 0 Å². The van der Waals surface area contributed by atoms with Gasteiger partial charge < -0.3 is 20.7 Å². The smallest absolute Gasteiger partial charge is 0.217 e. The van der Waals surface area contributed by atoms with Gasteiger partial charge in [0.1, 0.15) is 11.9 Å². The number of hydrogen-bond acceptors (Lipinski definition) is 3. The van der Waals surface area contributed by atoms with Crippen molar-refractivity contribution in [1.29, 1.82) is 0 Å². The Hall–Kier alpha value is -1.51. The highest BCUT2D eigenvalue weighted by molar-refractivity contribution is 14.0. The topological polar surface area (TPSA) is 80.0 Å². The summed E-state index contributed by atoms with van der Waals surface area (Å²) in [6.07, 6.45) is 2.56. The summed E-state index contributed by atoms with van der Waals surface area (Å²) in [5, 5.41) is 3.38. The van der Waals surface area contributed by atoms with Crippen molar-refractivity contribution in [3.05, 3.63) is 29.8 Å². The van der Waals surface area contributed by atoms with Crippen LogP contribution in [0.3, 0.4) is 0 Å². The van der Waals surface area contributed by atoms with Crippen LogP contribution in [0.1, 0.15) is 31.7 Å². The lowest BCUT2D eigenvalue weighted by Gasteiger charge is -2.35. The number of aliphatic imine (C=N–C) groups is 1. The van der Waals surface area contributed by atoms with E-state index in [9.17, 15) is 4.79 Å². The van der Waals surface area contributed by atoms with E-state index in [1.165, 1.54) is 5.56 Å². The number of piperidine rings is 1. The first-order valence-electron chi connectivity index (χ1n) is 8.95. The van der Waals surface area contributed by atoms with Crippen LogP contribution in [0.25, 0.3) is 0 Å². The molecule has 146 valence electrons. The zero-order valence-corrected chi connectivity index (χ0v) is 18.2. The molecule has 1 saturated heterocycles. The fourth-order valence-corrected chi connectivity index (χ4v) is 3.17. The molecule has 2 atom stereocenters. The molecule has 1 aromatic rings. The van der Waals surface area contributed by atoms with Crippen molar-refractivity contribution in [3.63, 3.8) is 0 Å². The van der Waals surface area contributed by atoms with Crippen molar-refractivity contribution >= 4 is 35.8 Å². The van der Waals surface area contributed by atoms with Crippen LogP contribution in [0, 0.1) is 12.8 Å². The van der Waals surface area contributed by atoms with E-state index in [0.29, 0.717) is 18.9 Å². The van der Waals surface area contributed by atoms with Gasteiger partial charge in [-0.05, 0) is 44.7 Å². The molecule has 0 saturated carbocycles. The van der Waals surface area contributed by atoms with Crippen molar-refractivity contribution in [2.24, 2.45) is 16.6 Å². The quantitative estimate of drug-likeness (QED) is 0.378. The summed E-state index contributed by atoms with van der Waals surface area (Å²) >= 11 is 0. The maximum absolute atomic E-state index is 11.2. The van der Waals surface area contributed by atoms with Gasteiger partial charge in [-0.1, -0.05) is 17.7 Å². The molecule has 1 amide bonds. The molecule has 0 spiro atoms. The zero-order chi connectivity index (χ0) is 18.2. The Balaban J connectivity index is 0.00000338. The van der Waals surface area contributed by atoms with Crippen molar-refractivity contribution in [3.8, 4) is 5.75 Å². The molecule has 7 heteroatoms. The lowest BCUT2D eigenvalue weighted by molar-refractivity contribution is -0.119. The van der Waals surface area contributed by atoms with E-state index in [2.05, 4.69) is 22.1 Å². The predicted octanol–water partition coefficient (Wildman–Crippen LogP) is 2.54. The van der Waals surface area contributed by atoms with Gasteiger partial charge in [0, 0.05) is 26.6 Å². The largest absolute Gasteiger partial charge is 0.489 e. The summed E-state index contributed by atoms with van der Waals surface area (Å²) in [6.45, 7) is 6.52. The van der Waals surface area contributed by atoms with Crippen LogP contribution >= 0.6 is 24.0 Å². The summed E-state index contributed by atoms with van der Waals surface area (Å²) in [6, 6.07) is 8.06. The normalized spacial score (nSPS) is 18.7. The number of halogens is 1. The lowest BCUT2D eigenvalue weighted by atomic mass is 9.95. The second-order valence-electron chi connectivity index (χ2n) is 6.79. The number of benzene rings is 1. The van der Waals surface area contributed by atoms with Crippen molar-refractivity contribution < 1.29 is 9.53 Å². The Morgan fingerprint density at radius 2 is 2.12 bits per heavy atom. The molecule has 3 N–H and O–H groups in total. The molecule has 1 heterocycles. The number of carbonyl (C=O) groups is 1. The first kappa shape index (κ1) is 22.5. The van der Waals surface area contributed by atoms with Crippen molar-refractivity contribution in [2.75, 3.05) is 26.7 Å². The van der Waals surface area contributed by atoms with E-state index in [0.717, 1.165) is 37.6 Å². The molecule has 1 aliphatic rings. The number of aryl methyl sites for hydroxylation is 1. The van der Waals surface area contributed by atoms with Crippen LogP contribution in [0.5, 0.6) is 5.75 Å². The molecule has 26 heavy (non-hydrogen) atoms. The number of rotatable bonds is 6. The second-order valence-corrected chi connectivity index (χ2v) is 6.79. The SMILES string of the molecule is CN=C(NCC(C)Oc1ccc(C)cc1)N1CCCC(CC(N)=O)C1.I. The average Bonchev–Trinajstić information content (AvgIpc) is 2.57. The van der Waals surface area contributed by atoms with Crippen LogP contribution in [-0.2, 0) is 4.79 Å². The number of nitrogens with one attached hydrogen (secondary N) is 1. The summed E-state index contributed by atoms with van der Waals surface area (Å²) in [5.74, 6) is 1.81. The van der Waals surface area contributed by atoms with Gasteiger partial charge in [0.25, 0.3) is 0 Å². The zero-order valence-electron chi connectivity index (χ0n) is 15.9. The third-order valence-corrected chi connectivity index (χ3v) is 4.43. The Kier molecular flexibility index (Phi) is 9.75. The molecule has 0 aliphatic carbocycles. The van der Waals surface area contributed by atoms with E-state index in [-0.39, 0.29) is 36.0 Å². The number of primary amides is 1. The minimum absolute atomic E-state index is 0. The molecule has 0 radical (unpaired) electrons. The van der Waals surface area contributed by atoms with Crippen LogP contribution in [0.15, 0.2) is 29.3 Å². The number of nitrogens with two attached hydrogens (primary N) is 1. The molecule has 0 aromatic heterocycles. The third kappa shape index (κ3) is 7.39. The van der Waals surface area contributed by atoms with Crippen LogP contribution < -0.4 is 15.8 Å². The molecular weight excluding hydrogens is 443 g/mol. The number of hydrogen-bond donors (Lipinski definition) is 2. The van der Waals surface area contributed by atoms with Crippen LogP contribution in [0.4, 0.5) is 0 Å². The molecular formula is C19H31IN4O2. The number of nitrogens with zero attached hydrogens (tertiary/aromatic N) is 2. The average molecular weight is 474 g/mol. The third-order valence-electron chi connectivity index (χ3n) is 4.43. The fourth-order valence-electron chi connectivity index (χ4n) is 3.17. The number of carbonyl (C=O) groups excluding carboxylic acids is 1. The van der Waals surface area contributed by atoms with Gasteiger partial charge in [0.05, 0.1) is 6.54 Å². The number of amides is 1. The Morgan fingerprint density at radius 3 is 2.73 bits per heavy atom. The predicted molar refractivity (Wildman–Crippen MR) is 116 cm³/mol. The van der Waals surface area contributed by atoms with Crippen molar-refractivity contribution in [1.82, 2.24) is 10.2 Å². The van der Waals surface area contributed by atoms with Crippen LogP contribution in [-0.4, -0.2) is 49.6 Å². The summed E-state index contributed by atoms with van der Waals surface area (Å²) in [5.41, 5.74) is 6.56. The summed E-state index contributed by atoms with van der Waals surface area (Å²) < 4.78 is 5.93. The number of likely N-dealkylation sites (tertiary alicyclic amines) is 1. The highest BCUT2D eigenvalue weighted by Gasteiger charge is 2.23. The molecule has 1 aliphatic heterocycles. The Bertz CT molecular complexity index is 592. The van der Waals surface area contributed by atoms with Crippen LogP contribution in [0.2, 0.25) is 0 Å². The first-order chi connectivity index (χ1) is 12.0. The number of guanidine groups is 1. The standard InChI is InChI=1S/C19H30N4O2.HI/c1-14-6-8-17(9-7-14)25-15(2)12-22-19(21-3)23-10-4-5-16(13-23)11-18(20)24;/h6-9,15-16H,4-5,10-13H2,1-3H3,(H2,20,24)(H,21,22);1H. The van der Waals surface area contributed by atoms with Gasteiger partial charge in [0.15, 0.2) is 5.96 Å². The summed E-state index contributed by atoms with van der Waals surface area (Å²) in [7, 11) is 1.78.